The number of nitrogens with zero attached hydrogens (tertiary/aromatic N) is 1. The summed E-state index contributed by atoms with van der Waals surface area (Å²) in [5.74, 6) is -1.13. The number of halogens is 2. The van der Waals surface area contributed by atoms with Gasteiger partial charge in [0, 0.05) is 29.6 Å². The molecular weight excluding hydrogens is 314 g/mol. The van der Waals surface area contributed by atoms with Crippen molar-refractivity contribution in [2.45, 2.75) is 32.2 Å². The largest absolute Gasteiger partial charge is 0.483 e. The lowest BCUT2D eigenvalue weighted by molar-refractivity contribution is -0.123. The van der Waals surface area contributed by atoms with Crippen LogP contribution in [0.15, 0.2) is 30.5 Å². The number of benzene rings is 1. The minimum absolute atomic E-state index is 0.160. The molecule has 1 amide bonds. The summed E-state index contributed by atoms with van der Waals surface area (Å²) in [5, 5.41) is 2.47. The molecule has 0 spiro atoms. The first-order valence-electron chi connectivity index (χ1n) is 7.94. The van der Waals surface area contributed by atoms with Gasteiger partial charge >= 0.3 is 0 Å². The van der Waals surface area contributed by atoms with E-state index in [0.29, 0.717) is 5.75 Å². The van der Waals surface area contributed by atoms with Crippen molar-refractivity contribution in [3.05, 3.63) is 58.9 Å². The molecule has 0 saturated heterocycles. The van der Waals surface area contributed by atoms with Crippen molar-refractivity contribution in [1.29, 1.82) is 0 Å². The molecule has 1 aliphatic rings. The summed E-state index contributed by atoms with van der Waals surface area (Å²) in [5.41, 5.74) is 1.91. The lowest BCUT2D eigenvalue weighted by atomic mass is 9.95. The number of hydrogen-bond acceptors (Lipinski definition) is 3. The summed E-state index contributed by atoms with van der Waals surface area (Å²) in [7, 11) is 0. The van der Waals surface area contributed by atoms with Crippen LogP contribution in [-0.2, 0) is 24.2 Å². The molecule has 1 heterocycles. The number of carbonyl (C=O) groups excluding carboxylic acids is 1. The average Bonchev–Trinajstić information content (AvgIpc) is 2.59. The Hall–Kier alpha value is -2.50. The molecule has 1 aromatic carbocycles. The van der Waals surface area contributed by atoms with Crippen LogP contribution in [-0.4, -0.2) is 17.5 Å². The fraction of sp³-hybridized carbons (Fsp3) is 0.333. The van der Waals surface area contributed by atoms with Gasteiger partial charge in [0.05, 0.1) is 0 Å². The van der Waals surface area contributed by atoms with Crippen molar-refractivity contribution >= 4 is 5.91 Å². The Kier molecular flexibility index (Phi) is 5.03. The van der Waals surface area contributed by atoms with Crippen LogP contribution in [0.5, 0.6) is 5.75 Å². The number of fused-ring (bicyclic) bond motifs is 1. The van der Waals surface area contributed by atoms with Crippen LogP contribution in [0.1, 0.15) is 29.7 Å². The average molecular weight is 332 g/mol. The van der Waals surface area contributed by atoms with Gasteiger partial charge in [-0.3, -0.25) is 9.78 Å². The molecule has 0 atom stereocenters. The number of ether oxygens (including phenoxy) is 1. The van der Waals surface area contributed by atoms with Gasteiger partial charge in [-0.25, -0.2) is 8.78 Å². The molecule has 1 N–H and O–H groups in total. The summed E-state index contributed by atoms with van der Waals surface area (Å²) in [4.78, 5) is 16.2. The Morgan fingerprint density at radius 1 is 1.17 bits per heavy atom. The maximum Gasteiger partial charge on any atom is 0.258 e. The number of nitrogens with one attached hydrogen (secondary N) is 1. The quantitative estimate of drug-likeness (QED) is 0.916. The number of hydrogen-bond donors (Lipinski definition) is 1. The van der Waals surface area contributed by atoms with Crippen LogP contribution >= 0.6 is 0 Å². The third-order valence-corrected chi connectivity index (χ3v) is 4.08. The normalized spacial score (nSPS) is 13.2. The van der Waals surface area contributed by atoms with Gasteiger partial charge in [0.2, 0.25) is 0 Å². The summed E-state index contributed by atoms with van der Waals surface area (Å²) < 4.78 is 32.6. The Morgan fingerprint density at radius 3 is 2.71 bits per heavy atom. The molecule has 2 aromatic rings. The highest BCUT2D eigenvalue weighted by atomic mass is 19.1. The minimum atomic E-state index is -0.681. The predicted octanol–water partition coefficient (Wildman–Crippen LogP) is 2.93. The Bertz CT molecular complexity index is 730. The van der Waals surface area contributed by atoms with Crippen LogP contribution in [0, 0.1) is 11.6 Å². The number of carbonyl (C=O) groups is 1. The van der Waals surface area contributed by atoms with E-state index in [1.807, 2.05) is 0 Å². The van der Waals surface area contributed by atoms with Crippen molar-refractivity contribution in [3.8, 4) is 5.75 Å². The maximum atomic E-state index is 13.5. The maximum absolute atomic E-state index is 13.5. The van der Waals surface area contributed by atoms with E-state index in [2.05, 4.69) is 10.3 Å². The van der Waals surface area contributed by atoms with E-state index in [1.54, 1.807) is 12.3 Å². The second-order valence-electron chi connectivity index (χ2n) is 5.71. The van der Waals surface area contributed by atoms with Gasteiger partial charge < -0.3 is 10.1 Å². The van der Waals surface area contributed by atoms with Crippen LogP contribution in [0.4, 0.5) is 8.78 Å². The fourth-order valence-corrected chi connectivity index (χ4v) is 2.81. The van der Waals surface area contributed by atoms with E-state index in [1.165, 1.54) is 6.07 Å². The molecule has 1 aliphatic carbocycles. The second-order valence-corrected chi connectivity index (χ2v) is 5.71. The van der Waals surface area contributed by atoms with Gasteiger partial charge in [0.25, 0.3) is 5.91 Å². The SMILES string of the molecule is O=C(COc1ccnc2c1CCCC2)NCc1c(F)cccc1F. The molecule has 0 bridgehead atoms. The number of pyridine rings is 1. The minimum Gasteiger partial charge on any atom is -0.483 e. The van der Waals surface area contributed by atoms with Gasteiger partial charge in [-0.2, -0.15) is 0 Å². The topological polar surface area (TPSA) is 51.2 Å². The molecule has 4 nitrogen and oxygen atoms in total. The van der Waals surface area contributed by atoms with E-state index in [-0.39, 0.29) is 18.7 Å². The standard InChI is InChI=1S/C18H18F2N2O2/c19-14-5-3-6-15(20)13(14)10-22-18(23)11-24-17-8-9-21-16-7-2-1-4-12(16)17/h3,5-6,8-9H,1-2,4,7,10-11H2,(H,22,23). The summed E-state index contributed by atoms with van der Waals surface area (Å²) >= 11 is 0. The zero-order valence-corrected chi connectivity index (χ0v) is 13.1. The molecule has 0 radical (unpaired) electrons. The molecule has 3 rings (SSSR count). The first-order valence-corrected chi connectivity index (χ1v) is 7.94. The molecule has 0 saturated carbocycles. The number of amides is 1. The third-order valence-electron chi connectivity index (χ3n) is 4.08. The van der Waals surface area contributed by atoms with Gasteiger partial charge in [-0.1, -0.05) is 6.07 Å². The second kappa shape index (κ2) is 7.38. The zero-order chi connectivity index (χ0) is 16.9. The van der Waals surface area contributed by atoms with Crippen LogP contribution in [0.25, 0.3) is 0 Å². The first kappa shape index (κ1) is 16.4. The lowest BCUT2D eigenvalue weighted by Gasteiger charge is -2.18. The lowest BCUT2D eigenvalue weighted by Crippen LogP contribution is -2.29. The van der Waals surface area contributed by atoms with E-state index >= 15 is 0 Å². The van der Waals surface area contributed by atoms with E-state index in [4.69, 9.17) is 4.74 Å². The summed E-state index contributed by atoms with van der Waals surface area (Å²) in [6.45, 7) is -0.415. The molecule has 0 aliphatic heterocycles. The number of rotatable bonds is 5. The van der Waals surface area contributed by atoms with Crippen LogP contribution < -0.4 is 10.1 Å². The van der Waals surface area contributed by atoms with Crippen molar-refractivity contribution in [2.24, 2.45) is 0 Å². The smallest absolute Gasteiger partial charge is 0.258 e. The van der Waals surface area contributed by atoms with Crippen LogP contribution in [0.2, 0.25) is 0 Å². The molecule has 126 valence electrons. The molecule has 1 aromatic heterocycles. The molecule has 0 unspecified atom stereocenters. The Labute approximate surface area is 138 Å². The molecular formula is C18H18F2N2O2. The first-order chi connectivity index (χ1) is 11.6. The highest BCUT2D eigenvalue weighted by Crippen LogP contribution is 2.27. The Balaban J connectivity index is 1.57. The highest BCUT2D eigenvalue weighted by Gasteiger charge is 2.16. The van der Waals surface area contributed by atoms with Gasteiger partial charge in [0.1, 0.15) is 17.4 Å². The van der Waals surface area contributed by atoms with E-state index in [0.717, 1.165) is 49.1 Å². The van der Waals surface area contributed by atoms with Gasteiger partial charge in [-0.05, 0) is 43.9 Å². The van der Waals surface area contributed by atoms with Crippen molar-refractivity contribution in [3.63, 3.8) is 0 Å². The third kappa shape index (κ3) is 3.69. The van der Waals surface area contributed by atoms with Crippen molar-refractivity contribution < 1.29 is 18.3 Å². The number of aromatic nitrogens is 1. The van der Waals surface area contributed by atoms with Crippen molar-refractivity contribution in [1.82, 2.24) is 10.3 Å². The Morgan fingerprint density at radius 2 is 1.92 bits per heavy atom. The summed E-state index contributed by atoms with van der Waals surface area (Å²) in [6, 6.07) is 5.34. The van der Waals surface area contributed by atoms with Gasteiger partial charge in [-0.15, -0.1) is 0 Å². The summed E-state index contributed by atoms with van der Waals surface area (Å²) in [6.07, 6.45) is 5.67. The van der Waals surface area contributed by atoms with E-state index in [9.17, 15) is 13.6 Å². The van der Waals surface area contributed by atoms with E-state index < -0.39 is 17.5 Å². The van der Waals surface area contributed by atoms with Crippen molar-refractivity contribution in [2.75, 3.05) is 6.61 Å². The highest BCUT2D eigenvalue weighted by molar-refractivity contribution is 5.77. The molecule has 24 heavy (non-hydrogen) atoms. The predicted molar refractivity (Wildman–Crippen MR) is 84.6 cm³/mol. The molecule has 0 fully saturated rings. The monoisotopic (exact) mass is 332 g/mol. The zero-order valence-electron chi connectivity index (χ0n) is 13.1. The van der Waals surface area contributed by atoms with Gasteiger partial charge in [0.15, 0.2) is 6.61 Å². The van der Waals surface area contributed by atoms with Crippen LogP contribution in [0.3, 0.4) is 0 Å². The number of aryl methyl sites for hydroxylation is 1. The fourth-order valence-electron chi connectivity index (χ4n) is 2.81. The molecule has 6 heteroatoms.